The molecule has 2 aromatic carbocycles. The van der Waals surface area contributed by atoms with Gasteiger partial charge in [0.2, 0.25) is 0 Å². The molecule has 1 atom stereocenters. The Balaban J connectivity index is 0. The topological polar surface area (TPSA) is 31.2 Å². The molecule has 2 aromatic rings. The van der Waals surface area contributed by atoms with Crippen LogP contribution in [0.5, 0.6) is 0 Å². The van der Waals surface area contributed by atoms with E-state index in [0.717, 1.165) is 45.1 Å². The van der Waals surface area contributed by atoms with Crippen molar-refractivity contribution in [3.05, 3.63) is 84.4 Å². The second-order valence-electron chi connectivity index (χ2n) is 7.72. The van der Waals surface area contributed by atoms with Crippen molar-refractivity contribution in [2.45, 2.75) is 55.1 Å². The first kappa shape index (κ1) is 32.6. The lowest BCUT2D eigenvalue weighted by Crippen LogP contribution is -2.51. The van der Waals surface area contributed by atoms with Gasteiger partial charge in [0.1, 0.15) is 0 Å². The Morgan fingerprint density at radius 1 is 1.03 bits per heavy atom. The van der Waals surface area contributed by atoms with E-state index in [0.29, 0.717) is 6.04 Å². The number of allylic oxidation sites excluding steroid dienone is 1. The fourth-order valence-corrected chi connectivity index (χ4v) is 3.24. The summed E-state index contributed by atoms with van der Waals surface area (Å²) in [4.78, 5) is 12.9. The van der Waals surface area contributed by atoms with Crippen LogP contribution in [0.25, 0.3) is 0 Å². The predicted octanol–water partition coefficient (Wildman–Crippen LogP) is 6.77. The van der Waals surface area contributed by atoms with E-state index >= 15 is 0 Å². The Bertz CT molecular complexity index is 756. The molecule has 0 spiro atoms. The third-order valence-corrected chi connectivity index (χ3v) is 5.02. The highest BCUT2D eigenvalue weighted by Crippen LogP contribution is 2.13. The van der Waals surface area contributed by atoms with Gasteiger partial charge in [0.25, 0.3) is 0 Å². The molecular formula is C29H48N4. The Kier molecular flexibility index (Phi) is 19.8. The SMILES string of the molecule is C.C.C=CC(C)=NCC.C=NCN1CCN(Cc2ccccc2)C(C)C1.Cc1ccccc1. The normalized spacial score (nSPS) is 15.9. The molecule has 0 amide bonds. The van der Waals surface area contributed by atoms with Gasteiger partial charge in [0, 0.05) is 44.5 Å². The van der Waals surface area contributed by atoms with Gasteiger partial charge in [-0.1, -0.05) is 87.7 Å². The first-order valence-electron chi connectivity index (χ1n) is 11.1. The van der Waals surface area contributed by atoms with E-state index < -0.39 is 0 Å². The van der Waals surface area contributed by atoms with Crippen molar-refractivity contribution in [2.24, 2.45) is 9.98 Å². The second-order valence-corrected chi connectivity index (χ2v) is 7.72. The number of hydrogen-bond acceptors (Lipinski definition) is 4. The van der Waals surface area contributed by atoms with Gasteiger partial charge in [0.15, 0.2) is 0 Å². The minimum Gasteiger partial charge on any atom is -0.294 e. The average molecular weight is 453 g/mol. The Morgan fingerprint density at radius 3 is 2.00 bits per heavy atom. The minimum atomic E-state index is 0. The molecule has 1 unspecified atom stereocenters. The van der Waals surface area contributed by atoms with Gasteiger partial charge in [-0.3, -0.25) is 19.8 Å². The minimum absolute atomic E-state index is 0. The summed E-state index contributed by atoms with van der Waals surface area (Å²) in [5, 5.41) is 0. The van der Waals surface area contributed by atoms with Gasteiger partial charge in [-0.05, 0) is 46.1 Å². The quantitative estimate of drug-likeness (QED) is 0.453. The van der Waals surface area contributed by atoms with Gasteiger partial charge in [-0.25, -0.2) is 0 Å². The van der Waals surface area contributed by atoms with Crippen LogP contribution < -0.4 is 0 Å². The summed E-state index contributed by atoms with van der Waals surface area (Å²) in [5.41, 5.74) is 3.74. The van der Waals surface area contributed by atoms with Crippen LogP contribution in [0.2, 0.25) is 0 Å². The molecular weight excluding hydrogens is 404 g/mol. The maximum atomic E-state index is 4.04. The molecule has 0 radical (unpaired) electrons. The number of benzene rings is 2. The summed E-state index contributed by atoms with van der Waals surface area (Å²) < 4.78 is 0. The molecule has 1 fully saturated rings. The highest BCUT2D eigenvalue weighted by molar-refractivity contribution is 5.92. The Hall–Kier alpha value is -2.56. The number of aliphatic imine (C=N–C) groups is 2. The van der Waals surface area contributed by atoms with E-state index in [9.17, 15) is 0 Å². The molecule has 1 saturated heterocycles. The van der Waals surface area contributed by atoms with Gasteiger partial charge in [-0.2, -0.15) is 0 Å². The number of rotatable bonds is 6. The number of hydrogen-bond donors (Lipinski definition) is 0. The zero-order valence-electron chi connectivity index (χ0n) is 19.9. The van der Waals surface area contributed by atoms with Gasteiger partial charge >= 0.3 is 0 Å². The van der Waals surface area contributed by atoms with Crippen molar-refractivity contribution in [1.82, 2.24) is 9.80 Å². The van der Waals surface area contributed by atoms with Crippen LogP contribution in [0.3, 0.4) is 0 Å². The van der Waals surface area contributed by atoms with Gasteiger partial charge in [0.05, 0.1) is 6.67 Å². The van der Waals surface area contributed by atoms with Crippen LogP contribution in [0.1, 0.15) is 46.8 Å². The monoisotopic (exact) mass is 452 g/mol. The molecule has 1 aliphatic heterocycles. The largest absolute Gasteiger partial charge is 0.294 e. The number of aryl methyl sites for hydroxylation is 1. The molecule has 3 rings (SSSR count). The van der Waals surface area contributed by atoms with E-state index in [1.165, 1.54) is 11.1 Å². The predicted molar refractivity (Wildman–Crippen MR) is 151 cm³/mol. The molecule has 0 N–H and O–H groups in total. The van der Waals surface area contributed by atoms with Crippen LogP contribution in [-0.2, 0) is 6.54 Å². The maximum absolute atomic E-state index is 4.04. The van der Waals surface area contributed by atoms with Crippen molar-refractivity contribution in [1.29, 1.82) is 0 Å². The van der Waals surface area contributed by atoms with Gasteiger partial charge in [-0.15, -0.1) is 0 Å². The van der Waals surface area contributed by atoms with Crippen LogP contribution >= 0.6 is 0 Å². The molecule has 1 aliphatic rings. The first-order chi connectivity index (χ1) is 15.0. The summed E-state index contributed by atoms with van der Waals surface area (Å²) in [6.45, 7) is 21.4. The highest BCUT2D eigenvalue weighted by Gasteiger charge is 2.22. The number of nitrogens with zero attached hydrogens (tertiary/aromatic N) is 4. The molecule has 0 aliphatic carbocycles. The number of piperazine rings is 1. The summed E-state index contributed by atoms with van der Waals surface area (Å²) in [6.07, 6.45) is 1.75. The zero-order valence-corrected chi connectivity index (χ0v) is 19.9. The standard InChI is InChI=1S/C14H21N3.C7H8.C6H11N.2CH4/c1-13-10-16(12-15-2)8-9-17(13)11-14-6-4-3-5-7-14;1-7-5-3-2-4-6-7;1-4-6(3)7-5-2;;/h3-7,13H,2,8-12H2,1H3;2-6H,1H3;4H,1,5H2,2-3H3;2*1H4. The molecule has 1 heterocycles. The van der Waals surface area contributed by atoms with E-state index in [1.54, 1.807) is 6.08 Å². The van der Waals surface area contributed by atoms with Crippen molar-refractivity contribution in [3.63, 3.8) is 0 Å². The van der Waals surface area contributed by atoms with Crippen molar-refractivity contribution >= 4 is 12.4 Å². The fraction of sp³-hybridized carbons (Fsp3) is 0.448. The third kappa shape index (κ3) is 15.0. The highest BCUT2D eigenvalue weighted by atomic mass is 15.3. The lowest BCUT2D eigenvalue weighted by atomic mass is 10.1. The summed E-state index contributed by atoms with van der Waals surface area (Å²) in [5.74, 6) is 0. The lowest BCUT2D eigenvalue weighted by Gasteiger charge is -2.39. The van der Waals surface area contributed by atoms with E-state index in [2.05, 4.69) is 89.4 Å². The van der Waals surface area contributed by atoms with Crippen LogP contribution in [0, 0.1) is 6.92 Å². The first-order valence-corrected chi connectivity index (χ1v) is 11.1. The van der Waals surface area contributed by atoms with Crippen LogP contribution in [0.4, 0.5) is 0 Å². The lowest BCUT2D eigenvalue weighted by molar-refractivity contribution is 0.0799. The molecule has 0 bridgehead atoms. The van der Waals surface area contributed by atoms with Crippen molar-refractivity contribution in [2.75, 3.05) is 32.8 Å². The van der Waals surface area contributed by atoms with Crippen molar-refractivity contribution < 1.29 is 0 Å². The Labute approximate surface area is 204 Å². The average Bonchev–Trinajstić information content (AvgIpc) is 2.78. The summed E-state index contributed by atoms with van der Waals surface area (Å²) in [7, 11) is 0. The molecule has 0 aromatic heterocycles. The molecule has 184 valence electrons. The maximum Gasteiger partial charge on any atom is 0.0903 e. The van der Waals surface area contributed by atoms with Crippen LogP contribution in [0.15, 0.2) is 83.3 Å². The molecule has 0 saturated carbocycles. The van der Waals surface area contributed by atoms with Crippen molar-refractivity contribution in [3.8, 4) is 0 Å². The van der Waals surface area contributed by atoms with E-state index in [4.69, 9.17) is 0 Å². The summed E-state index contributed by atoms with van der Waals surface area (Å²) in [6, 6.07) is 21.5. The second kappa shape index (κ2) is 20.1. The molecule has 33 heavy (non-hydrogen) atoms. The summed E-state index contributed by atoms with van der Waals surface area (Å²) >= 11 is 0. The van der Waals surface area contributed by atoms with Gasteiger partial charge < -0.3 is 0 Å². The third-order valence-electron chi connectivity index (χ3n) is 5.02. The molecule has 4 heteroatoms. The smallest absolute Gasteiger partial charge is 0.0903 e. The van der Waals surface area contributed by atoms with E-state index in [1.807, 2.05) is 32.0 Å². The Morgan fingerprint density at radius 2 is 1.61 bits per heavy atom. The molecule has 4 nitrogen and oxygen atoms in total. The fourth-order valence-electron chi connectivity index (χ4n) is 3.24. The van der Waals surface area contributed by atoms with Crippen LogP contribution in [-0.4, -0.2) is 61.1 Å². The zero-order chi connectivity index (χ0) is 22.9. The van der Waals surface area contributed by atoms with E-state index in [-0.39, 0.29) is 14.9 Å².